The molecule has 1 amide bonds. The average molecular weight is 288 g/mol. The Labute approximate surface area is 114 Å². The zero-order valence-electron chi connectivity index (χ0n) is 10.6. The minimum Gasteiger partial charge on any atom is -0.399 e. The van der Waals surface area contributed by atoms with Crippen LogP contribution in [0.15, 0.2) is 30.3 Å². The van der Waals surface area contributed by atoms with E-state index in [0.717, 1.165) is 6.08 Å². The van der Waals surface area contributed by atoms with Crippen LogP contribution in [0.5, 0.6) is 0 Å². The molecule has 20 heavy (non-hydrogen) atoms. The van der Waals surface area contributed by atoms with Gasteiger partial charge in [0.1, 0.15) is 6.54 Å². The van der Waals surface area contributed by atoms with E-state index in [1.54, 1.807) is 24.3 Å². The Kier molecular flexibility index (Phi) is 5.57. The van der Waals surface area contributed by atoms with Crippen LogP contribution in [0.3, 0.4) is 0 Å². The summed E-state index contributed by atoms with van der Waals surface area (Å²) in [5, 5.41) is 8.70. The van der Waals surface area contributed by atoms with Gasteiger partial charge in [-0.3, -0.25) is 4.79 Å². The van der Waals surface area contributed by atoms with Crippen molar-refractivity contribution in [2.45, 2.75) is 6.18 Å². The summed E-state index contributed by atoms with van der Waals surface area (Å²) < 4.78 is 36.9. The largest absolute Gasteiger partial charge is 0.406 e. The molecule has 0 aliphatic carbocycles. The topological polar surface area (TPSA) is 66.6 Å². The average Bonchev–Trinajstić information content (AvgIpc) is 2.35. The summed E-state index contributed by atoms with van der Waals surface area (Å²) >= 11 is 0. The lowest BCUT2D eigenvalue weighted by Gasteiger charge is -2.21. The van der Waals surface area contributed by atoms with Crippen molar-refractivity contribution in [3.05, 3.63) is 35.9 Å². The molecular formula is C13H15F3N2O2. The molecule has 4 nitrogen and oxygen atoms in total. The number of halogens is 3. The summed E-state index contributed by atoms with van der Waals surface area (Å²) in [4.78, 5) is 12.2. The molecule has 0 aliphatic heterocycles. The van der Waals surface area contributed by atoms with Gasteiger partial charge in [-0.1, -0.05) is 12.1 Å². The maximum atomic E-state index is 12.3. The Balaban J connectivity index is 2.72. The number of nitrogens with two attached hydrogens (primary N) is 1. The Hall–Kier alpha value is -2.02. The maximum Gasteiger partial charge on any atom is 0.406 e. The van der Waals surface area contributed by atoms with E-state index in [1.807, 2.05) is 0 Å². The van der Waals surface area contributed by atoms with Crippen LogP contribution in [0.25, 0.3) is 6.08 Å². The Bertz CT molecular complexity index is 469. The maximum absolute atomic E-state index is 12.3. The summed E-state index contributed by atoms with van der Waals surface area (Å²) in [6, 6.07) is 6.51. The first-order valence-corrected chi connectivity index (χ1v) is 5.82. The van der Waals surface area contributed by atoms with Crippen LogP contribution in [0.2, 0.25) is 0 Å². The van der Waals surface area contributed by atoms with Crippen LogP contribution < -0.4 is 5.73 Å². The second-order valence-electron chi connectivity index (χ2n) is 4.10. The highest BCUT2D eigenvalue weighted by Gasteiger charge is 2.32. The third-order valence-corrected chi connectivity index (χ3v) is 2.41. The minimum atomic E-state index is -4.50. The summed E-state index contributed by atoms with van der Waals surface area (Å²) in [5.74, 6) is -0.812. The number of nitrogen functional groups attached to an aromatic ring is 1. The number of anilines is 1. The van der Waals surface area contributed by atoms with Crippen molar-refractivity contribution in [1.82, 2.24) is 4.90 Å². The predicted octanol–water partition coefficient (Wildman–Crippen LogP) is 1.67. The fourth-order valence-corrected chi connectivity index (χ4v) is 1.48. The number of amides is 1. The second-order valence-corrected chi connectivity index (χ2v) is 4.10. The van der Waals surface area contributed by atoms with Crippen LogP contribution in [0.1, 0.15) is 5.56 Å². The lowest BCUT2D eigenvalue weighted by atomic mass is 10.2. The molecule has 0 aromatic heterocycles. The van der Waals surface area contributed by atoms with E-state index in [0.29, 0.717) is 16.2 Å². The molecule has 7 heteroatoms. The van der Waals surface area contributed by atoms with Crippen molar-refractivity contribution in [3.8, 4) is 0 Å². The van der Waals surface area contributed by atoms with Crippen molar-refractivity contribution < 1.29 is 23.1 Å². The number of hydrogen-bond donors (Lipinski definition) is 2. The number of aliphatic hydroxyl groups is 1. The van der Waals surface area contributed by atoms with Gasteiger partial charge in [0.05, 0.1) is 6.61 Å². The Morgan fingerprint density at radius 2 is 1.90 bits per heavy atom. The first-order valence-electron chi connectivity index (χ1n) is 5.82. The van der Waals surface area contributed by atoms with E-state index in [4.69, 9.17) is 10.8 Å². The zero-order chi connectivity index (χ0) is 15.2. The first-order chi connectivity index (χ1) is 9.31. The normalized spacial score (nSPS) is 11.8. The third kappa shape index (κ3) is 5.75. The van der Waals surface area contributed by atoms with Crippen molar-refractivity contribution in [3.63, 3.8) is 0 Å². The van der Waals surface area contributed by atoms with Crippen LogP contribution in [-0.2, 0) is 4.79 Å². The minimum absolute atomic E-state index is 0.371. The van der Waals surface area contributed by atoms with E-state index < -0.39 is 25.2 Å². The van der Waals surface area contributed by atoms with E-state index in [1.165, 1.54) is 6.08 Å². The molecule has 1 aromatic carbocycles. The Morgan fingerprint density at radius 1 is 1.30 bits per heavy atom. The molecule has 0 heterocycles. The zero-order valence-corrected chi connectivity index (χ0v) is 10.6. The van der Waals surface area contributed by atoms with Crippen LogP contribution >= 0.6 is 0 Å². The molecule has 3 N–H and O–H groups in total. The van der Waals surface area contributed by atoms with Gasteiger partial charge in [-0.25, -0.2) is 0 Å². The molecule has 0 saturated heterocycles. The number of alkyl halides is 3. The highest BCUT2D eigenvalue weighted by atomic mass is 19.4. The highest BCUT2D eigenvalue weighted by Crippen LogP contribution is 2.16. The number of carbonyl (C=O) groups is 1. The number of nitrogens with zero attached hydrogens (tertiary/aromatic N) is 1. The van der Waals surface area contributed by atoms with Crippen molar-refractivity contribution >= 4 is 17.7 Å². The molecule has 110 valence electrons. The molecule has 0 radical (unpaired) electrons. The fourth-order valence-electron chi connectivity index (χ4n) is 1.48. The van der Waals surface area contributed by atoms with Gasteiger partial charge in [0.25, 0.3) is 0 Å². The second kappa shape index (κ2) is 6.95. The number of aliphatic hydroxyl groups excluding tert-OH is 1. The molecule has 0 bridgehead atoms. The standard InChI is InChI=1S/C13H15F3N2O2/c14-13(15,16)9-18(7-8-19)12(20)6-3-10-1-4-11(17)5-2-10/h1-6,19H,7-9,17H2/b6-3+. The summed E-state index contributed by atoms with van der Waals surface area (Å²) in [5.41, 5.74) is 6.68. The van der Waals surface area contributed by atoms with Crippen LogP contribution in [-0.4, -0.2) is 41.8 Å². The molecule has 1 rings (SSSR count). The fraction of sp³-hybridized carbons (Fsp3) is 0.308. The third-order valence-electron chi connectivity index (χ3n) is 2.41. The molecular weight excluding hydrogens is 273 g/mol. The summed E-state index contributed by atoms with van der Waals surface area (Å²) in [6.07, 6.45) is -2.07. The number of hydrogen-bond acceptors (Lipinski definition) is 3. The molecule has 0 saturated carbocycles. The van der Waals surface area contributed by atoms with Crippen LogP contribution in [0, 0.1) is 0 Å². The number of carbonyl (C=O) groups excluding carboxylic acids is 1. The smallest absolute Gasteiger partial charge is 0.399 e. The molecule has 0 atom stereocenters. The van der Waals surface area contributed by atoms with E-state index >= 15 is 0 Å². The van der Waals surface area contributed by atoms with Gasteiger partial charge in [0.15, 0.2) is 0 Å². The first kappa shape index (κ1) is 16.0. The molecule has 1 aromatic rings. The van der Waals surface area contributed by atoms with Crippen LogP contribution in [0.4, 0.5) is 18.9 Å². The number of benzene rings is 1. The SMILES string of the molecule is Nc1ccc(/C=C/C(=O)N(CCO)CC(F)(F)F)cc1. The van der Waals surface area contributed by atoms with Crippen molar-refractivity contribution in [2.75, 3.05) is 25.4 Å². The number of rotatable bonds is 5. The van der Waals surface area contributed by atoms with Crippen molar-refractivity contribution in [2.24, 2.45) is 0 Å². The lowest BCUT2D eigenvalue weighted by molar-refractivity contribution is -0.158. The molecule has 0 aliphatic rings. The summed E-state index contributed by atoms with van der Waals surface area (Å²) in [7, 11) is 0. The van der Waals surface area contributed by atoms with Gasteiger partial charge in [-0.15, -0.1) is 0 Å². The Morgan fingerprint density at radius 3 is 2.40 bits per heavy atom. The van der Waals surface area contributed by atoms with Gasteiger partial charge in [0.2, 0.25) is 5.91 Å². The van der Waals surface area contributed by atoms with E-state index in [2.05, 4.69) is 0 Å². The van der Waals surface area contributed by atoms with Gasteiger partial charge >= 0.3 is 6.18 Å². The monoisotopic (exact) mass is 288 g/mol. The van der Waals surface area contributed by atoms with Gasteiger partial charge in [0, 0.05) is 18.3 Å². The van der Waals surface area contributed by atoms with Gasteiger partial charge in [-0.05, 0) is 23.8 Å². The van der Waals surface area contributed by atoms with Gasteiger partial charge in [-0.2, -0.15) is 13.2 Å². The molecule has 0 unspecified atom stereocenters. The lowest BCUT2D eigenvalue weighted by Crippen LogP contribution is -2.39. The van der Waals surface area contributed by atoms with Crippen molar-refractivity contribution in [1.29, 1.82) is 0 Å². The summed E-state index contributed by atoms with van der Waals surface area (Å²) in [6.45, 7) is -2.29. The van der Waals surface area contributed by atoms with E-state index in [-0.39, 0.29) is 6.54 Å². The highest BCUT2D eigenvalue weighted by molar-refractivity contribution is 5.91. The van der Waals surface area contributed by atoms with Gasteiger partial charge < -0.3 is 15.7 Å². The molecule has 0 fully saturated rings. The predicted molar refractivity (Wildman–Crippen MR) is 69.6 cm³/mol. The van der Waals surface area contributed by atoms with E-state index in [9.17, 15) is 18.0 Å². The quantitative estimate of drug-likeness (QED) is 0.639. The molecule has 0 spiro atoms.